The van der Waals surface area contributed by atoms with Crippen molar-refractivity contribution in [2.24, 2.45) is 0 Å². The summed E-state index contributed by atoms with van der Waals surface area (Å²) in [5.41, 5.74) is 9.45. The summed E-state index contributed by atoms with van der Waals surface area (Å²) < 4.78 is 2.38. The highest BCUT2D eigenvalue weighted by Crippen LogP contribution is 2.38. The first-order valence-electron chi connectivity index (χ1n) is 15.8. The van der Waals surface area contributed by atoms with E-state index < -0.39 is 0 Å². The van der Waals surface area contributed by atoms with E-state index >= 15 is 0 Å². The van der Waals surface area contributed by atoms with Crippen molar-refractivity contribution in [3.05, 3.63) is 182 Å². The first-order chi connectivity index (χ1) is 22.8. The minimum atomic E-state index is 1.13. The third-order valence-corrected chi connectivity index (χ3v) is 9.13. The molecule has 0 saturated heterocycles. The zero-order valence-electron chi connectivity index (χ0n) is 25.2. The van der Waals surface area contributed by atoms with Crippen molar-refractivity contribution in [2.75, 3.05) is 4.90 Å². The van der Waals surface area contributed by atoms with Crippen LogP contribution in [0.5, 0.6) is 0 Å². The molecule has 8 aromatic carbocycles. The van der Waals surface area contributed by atoms with Gasteiger partial charge in [-0.25, -0.2) is 0 Å². The highest BCUT2D eigenvalue weighted by Gasteiger charge is 2.14. The molecule has 0 aliphatic heterocycles. The van der Waals surface area contributed by atoms with Crippen LogP contribution >= 0.6 is 0 Å². The van der Waals surface area contributed by atoms with Gasteiger partial charge >= 0.3 is 0 Å². The summed E-state index contributed by atoms with van der Waals surface area (Å²) in [6.07, 6.45) is 0. The van der Waals surface area contributed by atoms with Crippen molar-refractivity contribution in [1.29, 1.82) is 0 Å². The van der Waals surface area contributed by atoms with E-state index in [2.05, 4.69) is 191 Å². The van der Waals surface area contributed by atoms with Gasteiger partial charge in [0.2, 0.25) is 0 Å². The summed E-state index contributed by atoms with van der Waals surface area (Å²) in [6.45, 7) is 0. The third kappa shape index (κ3) is 4.43. The Hall–Kier alpha value is -6.12. The van der Waals surface area contributed by atoms with Gasteiger partial charge in [0.15, 0.2) is 0 Å². The van der Waals surface area contributed by atoms with Crippen LogP contribution in [0.25, 0.3) is 60.2 Å². The maximum atomic E-state index is 2.38. The van der Waals surface area contributed by atoms with Gasteiger partial charge in [-0.1, -0.05) is 115 Å². The SMILES string of the molecule is c1ccc(N(c2ccc(-c3ccc4cc(-n5c6ccccc6c6ccccc65)ccc4c3)cc2)c2ccc3ccccc3c2)cc1. The van der Waals surface area contributed by atoms with E-state index in [9.17, 15) is 0 Å². The molecule has 216 valence electrons. The van der Waals surface area contributed by atoms with Crippen LogP contribution < -0.4 is 4.90 Å². The normalized spacial score (nSPS) is 11.5. The Kier molecular flexibility index (Phi) is 6.17. The van der Waals surface area contributed by atoms with Crippen LogP contribution in [0.3, 0.4) is 0 Å². The van der Waals surface area contributed by atoms with Crippen molar-refractivity contribution in [3.63, 3.8) is 0 Å². The average molecular weight is 587 g/mol. The molecule has 0 atom stereocenters. The Labute approximate surface area is 268 Å². The van der Waals surface area contributed by atoms with E-state index in [1.807, 2.05) is 0 Å². The van der Waals surface area contributed by atoms with Crippen LogP contribution in [0.2, 0.25) is 0 Å². The summed E-state index contributed by atoms with van der Waals surface area (Å²) in [5, 5.41) is 7.49. The zero-order chi connectivity index (χ0) is 30.5. The maximum absolute atomic E-state index is 2.38. The molecule has 0 N–H and O–H groups in total. The van der Waals surface area contributed by atoms with Crippen molar-refractivity contribution in [3.8, 4) is 16.8 Å². The van der Waals surface area contributed by atoms with E-state index in [4.69, 9.17) is 0 Å². The predicted octanol–water partition coefficient (Wildman–Crippen LogP) is 12.2. The van der Waals surface area contributed by atoms with Gasteiger partial charge < -0.3 is 9.47 Å². The molecule has 9 rings (SSSR count). The van der Waals surface area contributed by atoms with Crippen LogP contribution in [0, 0.1) is 0 Å². The lowest BCUT2D eigenvalue weighted by Gasteiger charge is -2.26. The largest absolute Gasteiger partial charge is 0.310 e. The van der Waals surface area contributed by atoms with Crippen molar-refractivity contribution < 1.29 is 0 Å². The van der Waals surface area contributed by atoms with Crippen LogP contribution in [-0.2, 0) is 0 Å². The van der Waals surface area contributed by atoms with Gasteiger partial charge in [0.25, 0.3) is 0 Å². The molecule has 46 heavy (non-hydrogen) atoms. The monoisotopic (exact) mass is 586 g/mol. The molecule has 0 bridgehead atoms. The number of fused-ring (bicyclic) bond motifs is 5. The average Bonchev–Trinajstić information content (AvgIpc) is 3.46. The van der Waals surface area contributed by atoms with Gasteiger partial charge in [-0.15, -0.1) is 0 Å². The molecule has 2 heteroatoms. The van der Waals surface area contributed by atoms with Gasteiger partial charge in [0.05, 0.1) is 11.0 Å². The first kappa shape index (κ1) is 26.3. The Balaban J connectivity index is 1.08. The van der Waals surface area contributed by atoms with Crippen LogP contribution in [0.1, 0.15) is 0 Å². The molecule has 0 aliphatic carbocycles. The van der Waals surface area contributed by atoms with Gasteiger partial charge in [0, 0.05) is 33.5 Å². The van der Waals surface area contributed by atoms with Gasteiger partial charge in [0.1, 0.15) is 0 Å². The second kappa shape index (κ2) is 10.8. The van der Waals surface area contributed by atoms with Gasteiger partial charge in [-0.2, -0.15) is 0 Å². The number of rotatable bonds is 5. The number of benzene rings is 8. The highest BCUT2D eigenvalue weighted by molar-refractivity contribution is 6.09. The Morgan fingerprint density at radius 3 is 1.61 bits per heavy atom. The molecule has 0 unspecified atom stereocenters. The number of anilines is 3. The molecular weight excluding hydrogens is 556 g/mol. The minimum Gasteiger partial charge on any atom is -0.310 e. The molecule has 0 saturated carbocycles. The fraction of sp³-hybridized carbons (Fsp3) is 0. The second-order valence-corrected chi connectivity index (χ2v) is 11.9. The van der Waals surface area contributed by atoms with Crippen LogP contribution in [0.4, 0.5) is 17.1 Å². The molecule has 2 nitrogen and oxygen atoms in total. The molecule has 0 amide bonds. The fourth-order valence-electron chi connectivity index (χ4n) is 6.90. The van der Waals surface area contributed by atoms with Crippen molar-refractivity contribution >= 4 is 60.4 Å². The lowest BCUT2D eigenvalue weighted by atomic mass is 10.00. The Morgan fingerprint density at radius 2 is 0.848 bits per heavy atom. The maximum Gasteiger partial charge on any atom is 0.0541 e. The first-order valence-corrected chi connectivity index (χ1v) is 15.8. The molecule has 9 aromatic rings. The number of hydrogen-bond donors (Lipinski definition) is 0. The summed E-state index contributed by atoms with van der Waals surface area (Å²) in [4.78, 5) is 2.33. The Morgan fingerprint density at radius 1 is 0.326 bits per heavy atom. The van der Waals surface area contributed by atoms with E-state index in [-0.39, 0.29) is 0 Å². The summed E-state index contributed by atoms with van der Waals surface area (Å²) in [5.74, 6) is 0. The molecule has 0 radical (unpaired) electrons. The molecule has 0 aliphatic rings. The zero-order valence-corrected chi connectivity index (χ0v) is 25.2. The standard InChI is InChI=1S/C44H30N2/c1-2-12-37(13-3-1)45(39-26-22-31-10-4-5-11-33(31)29-39)38-24-20-32(21-25-38)34-18-19-36-30-40(27-23-35(36)28-34)46-43-16-8-6-14-41(43)42-15-7-9-17-44(42)46/h1-30H. The quantitative estimate of drug-likeness (QED) is 0.195. The lowest BCUT2D eigenvalue weighted by molar-refractivity contribution is 1.19. The molecule has 0 fully saturated rings. The summed E-state index contributed by atoms with van der Waals surface area (Å²) in [6, 6.07) is 65.7. The highest BCUT2D eigenvalue weighted by atomic mass is 15.1. The van der Waals surface area contributed by atoms with E-state index in [1.165, 1.54) is 60.2 Å². The third-order valence-electron chi connectivity index (χ3n) is 9.13. The topological polar surface area (TPSA) is 8.17 Å². The van der Waals surface area contributed by atoms with Crippen molar-refractivity contribution in [2.45, 2.75) is 0 Å². The fourth-order valence-corrected chi connectivity index (χ4v) is 6.90. The molecular formula is C44H30N2. The molecule has 1 aromatic heterocycles. The van der Waals surface area contributed by atoms with Crippen LogP contribution in [0.15, 0.2) is 182 Å². The lowest BCUT2D eigenvalue weighted by Crippen LogP contribution is -2.09. The summed E-state index contributed by atoms with van der Waals surface area (Å²) in [7, 11) is 0. The number of para-hydroxylation sites is 3. The minimum absolute atomic E-state index is 1.13. The van der Waals surface area contributed by atoms with Crippen molar-refractivity contribution in [1.82, 2.24) is 4.57 Å². The molecule has 1 heterocycles. The summed E-state index contributed by atoms with van der Waals surface area (Å²) >= 11 is 0. The predicted molar refractivity (Wildman–Crippen MR) is 196 cm³/mol. The van der Waals surface area contributed by atoms with Crippen LogP contribution in [-0.4, -0.2) is 4.57 Å². The van der Waals surface area contributed by atoms with Gasteiger partial charge in [-0.3, -0.25) is 0 Å². The number of nitrogens with zero attached hydrogens (tertiary/aromatic N) is 2. The molecule has 0 spiro atoms. The van der Waals surface area contributed by atoms with Gasteiger partial charge in [-0.05, 0) is 99.4 Å². The number of hydrogen-bond acceptors (Lipinski definition) is 1. The van der Waals surface area contributed by atoms with E-state index in [0.717, 1.165) is 17.1 Å². The van der Waals surface area contributed by atoms with E-state index in [0.29, 0.717) is 0 Å². The smallest absolute Gasteiger partial charge is 0.0541 e. The van der Waals surface area contributed by atoms with E-state index in [1.54, 1.807) is 0 Å². The second-order valence-electron chi connectivity index (χ2n) is 11.9. The number of aromatic nitrogens is 1. The Bertz CT molecular complexity index is 2470.